The molecule has 0 aliphatic carbocycles. The summed E-state index contributed by atoms with van der Waals surface area (Å²) in [6.45, 7) is 10.6. The average molecular weight is 351 g/mol. The summed E-state index contributed by atoms with van der Waals surface area (Å²) < 4.78 is 8.25. The van der Waals surface area contributed by atoms with E-state index in [1.54, 1.807) is 0 Å². The standard InChI is InChI=1S/C23H30N2O/c1-18-11-13-19(14-12-18)26-16-8-7-15-25-21-10-6-5-9-20(21)24-22(25)17-23(2,3)4/h5-6,9-14H,7-8,15-17H2,1-4H3. The van der Waals surface area contributed by atoms with Crippen molar-refractivity contribution >= 4 is 11.0 Å². The molecular formula is C23H30N2O. The maximum absolute atomic E-state index is 5.85. The van der Waals surface area contributed by atoms with Gasteiger partial charge in [-0.05, 0) is 49.4 Å². The zero-order valence-electron chi connectivity index (χ0n) is 16.5. The number of unbranched alkanes of at least 4 members (excludes halogenated alkanes) is 1. The van der Waals surface area contributed by atoms with E-state index in [0.29, 0.717) is 0 Å². The van der Waals surface area contributed by atoms with Gasteiger partial charge in [-0.15, -0.1) is 0 Å². The van der Waals surface area contributed by atoms with Gasteiger partial charge in [0.25, 0.3) is 0 Å². The number of hydrogen-bond donors (Lipinski definition) is 0. The Balaban J connectivity index is 1.60. The first-order valence-electron chi connectivity index (χ1n) is 9.56. The molecule has 2 aromatic carbocycles. The van der Waals surface area contributed by atoms with Crippen molar-refractivity contribution in [2.75, 3.05) is 6.61 Å². The second kappa shape index (κ2) is 7.94. The summed E-state index contributed by atoms with van der Waals surface area (Å²) in [6.07, 6.45) is 3.11. The maximum atomic E-state index is 5.85. The number of fused-ring (bicyclic) bond motifs is 1. The molecular weight excluding hydrogens is 320 g/mol. The van der Waals surface area contributed by atoms with E-state index in [4.69, 9.17) is 9.72 Å². The first-order valence-corrected chi connectivity index (χ1v) is 9.56. The summed E-state index contributed by atoms with van der Waals surface area (Å²) in [6, 6.07) is 16.7. The smallest absolute Gasteiger partial charge is 0.119 e. The molecule has 138 valence electrons. The summed E-state index contributed by atoms with van der Waals surface area (Å²) >= 11 is 0. The van der Waals surface area contributed by atoms with Crippen molar-refractivity contribution in [1.29, 1.82) is 0 Å². The number of imidazole rings is 1. The highest BCUT2D eigenvalue weighted by molar-refractivity contribution is 5.75. The van der Waals surface area contributed by atoms with Crippen molar-refractivity contribution in [3.63, 3.8) is 0 Å². The summed E-state index contributed by atoms with van der Waals surface area (Å²) in [4.78, 5) is 4.88. The van der Waals surface area contributed by atoms with Crippen LogP contribution in [0.1, 0.15) is 45.0 Å². The largest absolute Gasteiger partial charge is 0.494 e. The third-order valence-corrected chi connectivity index (χ3v) is 4.49. The molecule has 1 heterocycles. The molecule has 0 aliphatic rings. The lowest BCUT2D eigenvalue weighted by Gasteiger charge is -2.19. The van der Waals surface area contributed by atoms with Crippen molar-refractivity contribution in [3.05, 3.63) is 59.9 Å². The molecule has 3 rings (SSSR count). The lowest BCUT2D eigenvalue weighted by atomic mass is 9.92. The SMILES string of the molecule is Cc1ccc(OCCCCn2c(CC(C)(C)C)nc3ccccc32)cc1. The van der Waals surface area contributed by atoms with Crippen molar-refractivity contribution < 1.29 is 4.74 Å². The first-order chi connectivity index (χ1) is 12.4. The molecule has 3 nitrogen and oxygen atoms in total. The molecule has 3 heteroatoms. The maximum Gasteiger partial charge on any atom is 0.119 e. The van der Waals surface area contributed by atoms with Gasteiger partial charge in [0.2, 0.25) is 0 Å². The Hall–Kier alpha value is -2.29. The van der Waals surface area contributed by atoms with Crippen molar-refractivity contribution in [3.8, 4) is 5.75 Å². The van der Waals surface area contributed by atoms with Gasteiger partial charge in [0.05, 0.1) is 17.6 Å². The Morgan fingerprint density at radius 3 is 2.42 bits per heavy atom. The molecule has 1 aromatic heterocycles. The number of hydrogen-bond acceptors (Lipinski definition) is 2. The number of rotatable bonds is 7. The Bertz CT molecular complexity index is 841. The zero-order valence-corrected chi connectivity index (χ0v) is 16.5. The van der Waals surface area contributed by atoms with Gasteiger partial charge in [-0.2, -0.15) is 0 Å². The second-order valence-electron chi connectivity index (χ2n) is 8.27. The minimum absolute atomic E-state index is 0.230. The van der Waals surface area contributed by atoms with Crippen LogP contribution in [0, 0.1) is 12.3 Å². The van der Waals surface area contributed by atoms with E-state index in [1.807, 2.05) is 12.1 Å². The molecule has 0 unspecified atom stereocenters. The molecule has 0 aliphatic heterocycles. The van der Waals surface area contributed by atoms with E-state index in [2.05, 4.69) is 68.7 Å². The minimum atomic E-state index is 0.230. The number of benzene rings is 2. The van der Waals surface area contributed by atoms with Gasteiger partial charge >= 0.3 is 0 Å². The second-order valence-corrected chi connectivity index (χ2v) is 8.27. The van der Waals surface area contributed by atoms with Crippen LogP contribution in [0.25, 0.3) is 11.0 Å². The monoisotopic (exact) mass is 350 g/mol. The highest BCUT2D eigenvalue weighted by Crippen LogP contribution is 2.24. The van der Waals surface area contributed by atoms with Crippen LogP contribution in [-0.4, -0.2) is 16.2 Å². The van der Waals surface area contributed by atoms with Crippen molar-refractivity contribution in [2.45, 2.75) is 53.5 Å². The lowest BCUT2D eigenvalue weighted by molar-refractivity contribution is 0.302. The molecule has 0 amide bonds. The predicted octanol–water partition coefficient (Wildman–Crippen LogP) is 5.79. The average Bonchev–Trinajstić information content (AvgIpc) is 2.92. The number of ether oxygens (including phenoxy) is 1. The molecule has 0 radical (unpaired) electrons. The molecule has 0 bridgehead atoms. The number of para-hydroxylation sites is 2. The van der Waals surface area contributed by atoms with Crippen LogP contribution >= 0.6 is 0 Å². The molecule has 3 aromatic rings. The fourth-order valence-electron chi connectivity index (χ4n) is 3.18. The number of aromatic nitrogens is 2. The third kappa shape index (κ3) is 4.87. The van der Waals surface area contributed by atoms with Gasteiger partial charge in [0, 0.05) is 13.0 Å². The highest BCUT2D eigenvalue weighted by atomic mass is 16.5. The summed E-state index contributed by atoms with van der Waals surface area (Å²) in [5.41, 5.74) is 3.83. The summed E-state index contributed by atoms with van der Waals surface area (Å²) in [5.74, 6) is 2.15. The Labute approximate surface area is 157 Å². The zero-order chi connectivity index (χ0) is 18.6. The molecule has 0 saturated heterocycles. The highest BCUT2D eigenvalue weighted by Gasteiger charge is 2.17. The topological polar surface area (TPSA) is 27.1 Å². The quantitative estimate of drug-likeness (QED) is 0.504. The van der Waals surface area contributed by atoms with Gasteiger partial charge < -0.3 is 9.30 Å². The van der Waals surface area contributed by atoms with E-state index in [0.717, 1.165) is 43.7 Å². The first kappa shape index (κ1) is 18.5. The fourth-order valence-corrected chi connectivity index (χ4v) is 3.18. The number of nitrogens with zero attached hydrogens (tertiary/aromatic N) is 2. The summed E-state index contributed by atoms with van der Waals surface area (Å²) in [7, 11) is 0. The Kier molecular flexibility index (Phi) is 5.65. The number of aryl methyl sites for hydroxylation is 2. The van der Waals surface area contributed by atoms with E-state index < -0.39 is 0 Å². The van der Waals surface area contributed by atoms with Crippen LogP contribution in [0.15, 0.2) is 48.5 Å². The normalized spacial score (nSPS) is 11.8. The van der Waals surface area contributed by atoms with Gasteiger partial charge in [0.15, 0.2) is 0 Å². The minimum Gasteiger partial charge on any atom is -0.494 e. The van der Waals surface area contributed by atoms with Crippen LogP contribution in [0.3, 0.4) is 0 Å². The van der Waals surface area contributed by atoms with E-state index in [1.165, 1.54) is 16.9 Å². The van der Waals surface area contributed by atoms with Crippen molar-refractivity contribution in [2.24, 2.45) is 5.41 Å². The van der Waals surface area contributed by atoms with Crippen LogP contribution in [0.2, 0.25) is 0 Å². The van der Waals surface area contributed by atoms with E-state index in [-0.39, 0.29) is 5.41 Å². The van der Waals surface area contributed by atoms with Crippen molar-refractivity contribution in [1.82, 2.24) is 9.55 Å². The van der Waals surface area contributed by atoms with Crippen LogP contribution in [-0.2, 0) is 13.0 Å². The van der Waals surface area contributed by atoms with E-state index >= 15 is 0 Å². The van der Waals surface area contributed by atoms with E-state index in [9.17, 15) is 0 Å². The fraction of sp³-hybridized carbons (Fsp3) is 0.435. The lowest BCUT2D eigenvalue weighted by Crippen LogP contribution is -2.15. The molecule has 26 heavy (non-hydrogen) atoms. The van der Waals surface area contributed by atoms with Crippen LogP contribution < -0.4 is 4.74 Å². The Morgan fingerprint density at radius 2 is 1.69 bits per heavy atom. The Morgan fingerprint density at radius 1 is 0.962 bits per heavy atom. The molecule has 0 N–H and O–H groups in total. The van der Waals surface area contributed by atoms with Crippen LogP contribution in [0.5, 0.6) is 5.75 Å². The van der Waals surface area contributed by atoms with Gasteiger partial charge in [-0.1, -0.05) is 50.6 Å². The van der Waals surface area contributed by atoms with Crippen LogP contribution in [0.4, 0.5) is 0 Å². The molecule has 0 saturated carbocycles. The predicted molar refractivity (Wildman–Crippen MR) is 109 cm³/mol. The molecule has 0 fully saturated rings. The van der Waals surface area contributed by atoms with Gasteiger partial charge in [-0.25, -0.2) is 4.98 Å². The van der Waals surface area contributed by atoms with Gasteiger partial charge in [0.1, 0.15) is 11.6 Å². The molecule has 0 atom stereocenters. The third-order valence-electron chi connectivity index (χ3n) is 4.49. The van der Waals surface area contributed by atoms with Gasteiger partial charge in [-0.3, -0.25) is 0 Å². The summed E-state index contributed by atoms with van der Waals surface area (Å²) in [5, 5.41) is 0. The molecule has 0 spiro atoms.